The van der Waals surface area contributed by atoms with Crippen LogP contribution in [0.1, 0.15) is 12.5 Å². The maximum Gasteiger partial charge on any atom is 0.228 e. The molecule has 0 fully saturated rings. The van der Waals surface area contributed by atoms with Gasteiger partial charge in [-0.3, -0.25) is 4.79 Å². The quantitative estimate of drug-likeness (QED) is 0.904. The highest BCUT2D eigenvalue weighted by molar-refractivity contribution is 6.31. The zero-order valence-electron chi connectivity index (χ0n) is 11.5. The van der Waals surface area contributed by atoms with Gasteiger partial charge in [-0.15, -0.1) is 0 Å². The minimum absolute atomic E-state index is 0.0196. The fourth-order valence-corrected chi connectivity index (χ4v) is 2.02. The van der Waals surface area contributed by atoms with Crippen molar-refractivity contribution in [1.29, 1.82) is 0 Å². The summed E-state index contributed by atoms with van der Waals surface area (Å²) < 4.78 is 18.4. The largest absolute Gasteiger partial charge is 0.494 e. The molecule has 0 aliphatic heterocycles. The van der Waals surface area contributed by atoms with E-state index in [-0.39, 0.29) is 17.4 Å². The maximum absolute atomic E-state index is 13.0. The molecule has 0 aliphatic rings. The van der Waals surface area contributed by atoms with Crippen molar-refractivity contribution in [2.75, 3.05) is 11.9 Å². The summed E-state index contributed by atoms with van der Waals surface area (Å²) in [5, 5.41) is 2.66. The van der Waals surface area contributed by atoms with Gasteiger partial charge < -0.3 is 10.1 Å². The number of carbonyl (C=O) groups excluding carboxylic acids is 1. The number of benzene rings is 2. The zero-order valence-corrected chi connectivity index (χ0v) is 12.3. The number of halogens is 2. The Morgan fingerprint density at radius 1 is 1.24 bits per heavy atom. The lowest BCUT2D eigenvalue weighted by Crippen LogP contribution is -2.14. The van der Waals surface area contributed by atoms with E-state index in [0.717, 1.165) is 11.3 Å². The van der Waals surface area contributed by atoms with E-state index in [1.807, 2.05) is 31.2 Å². The smallest absolute Gasteiger partial charge is 0.228 e. The Labute approximate surface area is 127 Å². The highest BCUT2D eigenvalue weighted by Crippen LogP contribution is 2.19. The fraction of sp³-hybridized carbons (Fsp3) is 0.188. The summed E-state index contributed by atoms with van der Waals surface area (Å²) in [6, 6.07) is 11.4. The molecule has 0 bridgehead atoms. The van der Waals surface area contributed by atoms with E-state index in [0.29, 0.717) is 12.3 Å². The van der Waals surface area contributed by atoms with Crippen molar-refractivity contribution < 1.29 is 13.9 Å². The Bertz CT molecular complexity index is 629. The van der Waals surface area contributed by atoms with E-state index in [9.17, 15) is 9.18 Å². The highest BCUT2D eigenvalue weighted by Gasteiger charge is 2.06. The van der Waals surface area contributed by atoms with Crippen molar-refractivity contribution in [2.45, 2.75) is 13.3 Å². The number of rotatable bonds is 5. The first-order valence-corrected chi connectivity index (χ1v) is 6.93. The molecule has 1 amide bonds. The number of nitrogens with one attached hydrogen (secondary N) is 1. The molecule has 0 saturated carbocycles. The summed E-state index contributed by atoms with van der Waals surface area (Å²) in [5.41, 5.74) is 1.33. The minimum atomic E-state index is -0.513. The van der Waals surface area contributed by atoms with Crippen LogP contribution in [0.25, 0.3) is 0 Å². The Morgan fingerprint density at radius 2 is 1.95 bits per heavy atom. The standard InChI is InChI=1S/C16H15ClFNO2/c1-2-21-13-6-3-11(4-7-13)9-16(20)19-12-5-8-15(18)14(17)10-12/h3-8,10H,2,9H2,1H3,(H,19,20). The normalized spacial score (nSPS) is 10.2. The van der Waals surface area contributed by atoms with Gasteiger partial charge in [0.25, 0.3) is 0 Å². The topological polar surface area (TPSA) is 38.3 Å². The van der Waals surface area contributed by atoms with Crippen LogP contribution < -0.4 is 10.1 Å². The van der Waals surface area contributed by atoms with Gasteiger partial charge in [-0.1, -0.05) is 23.7 Å². The summed E-state index contributed by atoms with van der Waals surface area (Å²) in [7, 11) is 0. The van der Waals surface area contributed by atoms with Crippen LogP contribution in [0.4, 0.5) is 10.1 Å². The minimum Gasteiger partial charge on any atom is -0.494 e. The van der Waals surface area contributed by atoms with E-state index in [1.165, 1.54) is 18.2 Å². The lowest BCUT2D eigenvalue weighted by molar-refractivity contribution is -0.115. The second-order valence-corrected chi connectivity index (χ2v) is 4.84. The van der Waals surface area contributed by atoms with Crippen LogP contribution in [0.5, 0.6) is 5.75 Å². The molecule has 5 heteroatoms. The third-order valence-electron chi connectivity index (χ3n) is 2.80. The molecule has 0 saturated heterocycles. The van der Waals surface area contributed by atoms with Crippen molar-refractivity contribution >= 4 is 23.2 Å². The van der Waals surface area contributed by atoms with Crippen molar-refractivity contribution in [2.24, 2.45) is 0 Å². The summed E-state index contributed by atoms with van der Waals surface area (Å²) in [5.74, 6) is 0.0648. The molecule has 0 atom stereocenters. The molecule has 2 rings (SSSR count). The first-order valence-electron chi connectivity index (χ1n) is 6.55. The van der Waals surface area contributed by atoms with Crippen LogP contribution >= 0.6 is 11.6 Å². The predicted octanol–water partition coefficient (Wildman–Crippen LogP) is 4.06. The van der Waals surface area contributed by atoms with Crippen LogP contribution in [0.3, 0.4) is 0 Å². The molecular formula is C16H15ClFNO2. The molecule has 110 valence electrons. The number of carbonyl (C=O) groups is 1. The second-order valence-electron chi connectivity index (χ2n) is 4.43. The molecule has 2 aromatic carbocycles. The van der Waals surface area contributed by atoms with E-state index in [4.69, 9.17) is 16.3 Å². The summed E-state index contributed by atoms with van der Waals surface area (Å²) in [6.45, 7) is 2.51. The summed E-state index contributed by atoms with van der Waals surface area (Å²) in [4.78, 5) is 11.9. The third-order valence-corrected chi connectivity index (χ3v) is 3.09. The summed E-state index contributed by atoms with van der Waals surface area (Å²) in [6.07, 6.45) is 0.224. The van der Waals surface area contributed by atoms with Gasteiger partial charge in [0.1, 0.15) is 11.6 Å². The Kier molecular flexibility index (Phi) is 5.17. The molecular weight excluding hydrogens is 293 g/mol. The average molecular weight is 308 g/mol. The number of amides is 1. The zero-order chi connectivity index (χ0) is 15.2. The number of anilines is 1. The van der Waals surface area contributed by atoms with Gasteiger partial charge in [0.15, 0.2) is 0 Å². The van der Waals surface area contributed by atoms with Gasteiger partial charge in [0, 0.05) is 5.69 Å². The molecule has 21 heavy (non-hydrogen) atoms. The Hall–Kier alpha value is -2.07. The van der Waals surface area contributed by atoms with Gasteiger partial charge in [-0.05, 0) is 42.8 Å². The first kappa shape index (κ1) is 15.3. The molecule has 3 nitrogen and oxygen atoms in total. The number of hydrogen-bond donors (Lipinski definition) is 1. The van der Waals surface area contributed by atoms with Crippen molar-refractivity contribution in [3.63, 3.8) is 0 Å². The molecule has 0 unspecified atom stereocenters. The lowest BCUT2D eigenvalue weighted by atomic mass is 10.1. The SMILES string of the molecule is CCOc1ccc(CC(=O)Nc2ccc(F)c(Cl)c2)cc1. The molecule has 0 aliphatic carbocycles. The van der Waals surface area contributed by atoms with E-state index in [1.54, 1.807) is 0 Å². The van der Waals surface area contributed by atoms with Crippen LogP contribution in [0.15, 0.2) is 42.5 Å². The van der Waals surface area contributed by atoms with E-state index < -0.39 is 5.82 Å². The van der Waals surface area contributed by atoms with Crippen LogP contribution in [0, 0.1) is 5.82 Å². The number of hydrogen-bond acceptors (Lipinski definition) is 2. The van der Waals surface area contributed by atoms with Crippen molar-refractivity contribution in [1.82, 2.24) is 0 Å². The highest BCUT2D eigenvalue weighted by atomic mass is 35.5. The average Bonchev–Trinajstić information content (AvgIpc) is 2.45. The predicted molar refractivity (Wildman–Crippen MR) is 81.4 cm³/mol. The van der Waals surface area contributed by atoms with Crippen molar-refractivity contribution in [3.05, 3.63) is 58.9 Å². The summed E-state index contributed by atoms with van der Waals surface area (Å²) >= 11 is 5.66. The van der Waals surface area contributed by atoms with Gasteiger partial charge in [-0.25, -0.2) is 4.39 Å². The van der Waals surface area contributed by atoms with Gasteiger partial charge >= 0.3 is 0 Å². The van der Waals surface area contributed by atoms with Crippen LogP contribution in [0.2, 0.25) is 5.02 Å². The second kappa shape index (κ2) is 7.09. The maximum atomic E-state index is 13.0. The van der Waals surface area contributed by atoms with Crippen LogP contribution in [-0.4, -0.2) is 12.5 Å². The monoisotopic (exact) mass is 307 g/mol. The van der Waals surface area contributed by atoms with E-state index in [2.05, 4.69) is 5.32 Å². The number of ether oxygens (including phenoxy) is 1. The molecule has 0 aromatic heterocycles. The van der Waals surface area contributed by atoms with Crippen molar-refractivity contribution in [3.8, 4) is 5.75 Å². The first-order chi connectivity index (χ1) is 10.1. The Morgan fingerprint density at radius 3 is 2.57 bits per heavy atom. The molecule has 2 aromatic rings. The molecule has 0 spiro atoms. The Balaban J connectivity index is 1.96. The lowest BCUT2D eigenvalue weighted by Gasteiger charge is -2.07. The molecule has 0 heterocycles. The van der Waals surface area contributed by atoms with Gasteiger partial charge in [0.2, 0.25) is 5.91 Å². The molecule has 0 radical (unpaired) electrons. The van der Waals surface area contributed by atoms with E-state index >= 15 is 0 Å². The fourth-order valence-electron chi connectivity index (χ4n) is 1.83. The molecule has 1 N–H and O–H groups in total. The third kappa shape index (κ3) is 4.46. The van der Waals surface area contributed by atoms with Crippen LogP contribution in [-0.2, 0) is 11.2 Å². The van der Waals surface area contributed by atoms with Gasteiger partial charge in [-0.2, -0.15) is 0 Å². The van der Waals surface area contributed by atoms with Gasteiger partial charge in [0.05, 0.1) is 18.1 Å².